The number of carboxylic acid groups (broad SMARTS) is 1. The third-order valence-corrected chi connectivity index (χ3v) is 7.73. The lowest BCUT2D eigenvalue weighted by Gasteiger charge is -2.46. The van der Waals surface area contributed by atoms with E-state index in [9.17, 15) is 19.5 Å². The highest BCUT2D eigenvalue weighted by atomic mass is 16.5. The molecule has 0 aromatic heterocycles. The Bertz CT molecular complexity index is 1060. The first-order valence-corrected chi connectivity index (χ1v) is 12.1. The van der Waals surface area contributed by atoms with Crippen LogP contribution in [0.15, 0.2) is 48.5 Å². The lowest BCUT2D eigenvalue weighted by Crippen LogP contribution is -2.58. The minimum absolute atomic E-state index is 0.0258. The van der Waals surface area contributed by atoms with Gasteiger partial charge >= 0.3 is 12.1 Å². The summed E-state index contributed by atoms with van der Waals surface area (Å²) in [5, 5.41) is 12.4. The molecule has 2 amide bonds. The molecule has 0 spiro atoms. The van der Waals surface area contributed by atoms with Crippen LogP contribution in [0.2, 0.25) is 0 Å². The molecule has 1 saturated carbocycles. The summed E-state index contributed by atoms with van der Waals surface area (Å²) in [6, 6.07) is 15.6. The number of fused-ring (bicyclic) bond motifs is 3. The minimum Gasteiger partial charge on any atom is -0.480 e. The molecule has 1 aliphatic heterocycles. The Hall–Kier alpha value is -3.35. The second-order valence-corrected chi connectivity index (χ2v) is 9.66. The van der Waals surface area contributed by atoms with Gasteiger partial charge in [-0.25, -0.2) is 9.59 Å². The van der Waals surface area contributed by atoms with Crippen molar-refractivity contribution in [3.63, 3.8) is 0 Å². The zero-order valence-electron chi connectivity index (χ0n) is 19.2. The number of nitrogens with zero attached hydrogens (tertiary/aromatic N) is 1. The second kappa shape index (κ2) is 9.12. The number of carboxylic acids is 1. The molecule has 0 radical (unpaired) electrons. The topological polar surface area (TPSA) is 95.9 Å². The number of ether oxygens (including phenoxy) is 1. The van der Waals surface area contributed by atoms with Gasteiger partial charge in [-0.15, -0.1) is 0 Å². The van der Waals surface area contributed by atoms with Gasteiger partial charge in [0.15, 0.2) is 0 Å². The SMILES string of the molecule is O=C(NCC1(C(=O)N2CCCCC2C(=O)O)CCC1)OCC1c2ccccc2-c2ccccc21. The van der Waals surface area contributed by atoms with E-state index in [1.807, 2.05) is 24.3 Å². The molecule has 2 fully saturated rings. The van der Waals surface area contributed by atoms with E-state index in [0.717, 1.165) is 30.4 Å². The normalized spacial score (nSPS) is 20.6. The van der Waals surface area contributed by atoms with Crippen LogP contribution in [0, 0.1) is 5.41 Å². The summed E-state index contributed by atoms with van der Waals surface area (Å²) < 4.78 is 5.62. The molecule has 5 rings (SSSR count). The lowest BCUT2D eigenvalue weighted by atomic mass is 9.67. The zero-order chi connectivity index (χ0) is 23.7. The number of aliphatic carboxylic acids is 1. The number of nitrogens with one attached hydrogen (secondary N) is 1. The van der Waals surface area contributed by atoms with Gasteiger partial charge in [0.2, 0.25) is 5.91 Å². The summed E-state index contributed by atoms with van der Waals surface area (Å²) in [5.41, 5.74) is 3.90. The van der Waals surface area contributed by atoms with Crippen molar-refractivity contribution in [3.8, 4) is 11.1 Å². The fourth-order valence-electron chi connectivity index (χ4n) is 5.70. The van der Waals surface area contributed by atoms with Crippen molar-refractivity contribution < 1.29 is 24.2 Å². The number of carbonyl (C=O) groups is 3. The summed E-state index contributed by atoms with van der Waals surface area (Å²) in [4.78, 5) is 39.2. The second-order valence-electron chi connectivity index (χ2n) is 9.66. The molecule has 1 saturated heterocycles. The maximum Gasteiger partial charge on any atom is 0.407 e. The standard InChI is InChI=1S/C27H30N2O5/c30-24(31)23-12-5-6-15-29(23)25(32)27(13-7-14-27)17-28-26(33)34-16-22-20-10-3-1-8-18(20)19-9-2-4-11-21(19)22/h1-4,8-11,22-23H,5-7,12-17H2,(H,28,33)(H,30,31). The van der Waals surface area contributed by atoms with Crippen LogP contribution in [0.1, 0.15) is 55.6 Å². The third kappa shape index (κ3) is 3.93. The van der Waals surface area contributed by atoms with Gasteiger partial charge in [0.25, 0.3) is 0 Å². The number of piperidine rings is 1. The Morgan fingerprint density at radius 1 is 0.971 bits per heavy atom. The van der Waals surface area contributed by atoms with Crippen LogP contribution in [-0.4, -0.2) is 53.7 Å². The van der Waals surface area contributed by atoms with E-state index >= 15 is 0 Å². The van der Waals surface area contributed by atoms with Crippen LogP contribution in [-0.2, 0) is 14.3 Å². The summed E-state index contributed by atoms with van der Waals surface area (Å²) in [5.74, 6) is -1.13. The summed E-state index contributed by atoms with van der Waals surface area (Å²) in [7, 11) is 0. The number of benzene rings is 2. The summed E-state index contributed by atoms with van der Waals surface area (Å²) >= 11 is 0. The first-order valence-electron chi connectivity index (χ1n) is 12.1. The largest absolute Gasteiger partial charge is 0.480 e. The van der Waals surface area contributed by atoms with Gasteiger partial charge in [0, 0.05) is 19.0 Å². The van der Waals surface area contributed by atoms with Crippen molar-refractivity contribution in [3.05, 3.63) is 59.7 Å². The molecule has 178 valence electrons. The number of alkyl carbamates (subject to hydrolysis) is 1. The van der Waals surface area contributed by atoms with Crippen LogP contribution < -0.4 is 5.32 Å². The molecule has 7 heteroatoms. The third-order valence-electron chi connectivity index (χ3n) is 7.73. The van der Waals surface area contributed by atoms with Crippen LogP contribution in [0.3, 0.4) is 0 Å². The van der Waals surface area contributed by atoms with Crippen LogP contribution >= 0.6 is 0 Å². The average Bonchev–Trinajstić information content (AvgIpc) is 3.15. The number of likely N-dealkylation sites (tertiary alicyclic amines) is 1. The fraction of sp³-hybridized carbons (Fsp3) is 0.444. The molecule has 3 aliphatic rings. The zero-order valence-corrected chi connectivity index (χ0v) is 19.2. The van der Waals surface area contributed by atoms with E-state index < -0.39 is 23.5 Å². The van der Waals surface area contributed by atoms with E-state index in [2.05, 4.69) is 29.6 Å². The van der Waals surface area contributed by atoms with Gasteiger partial charge in [0.05, 0.1) is 5.41 Å². The number of carbonyl (C=O) groups excluding carboxylic acids is 2. The molecule has 1 unspecified atom stereocenters. The van der Waals surface area contributed by atoms with Crippen molar-refractivity contribution in [2.75, 3.05) is 19.7 Å². The Kier molecular flexibility index (Phi) is 6.02. The highest BCUT2D eigenvalue weighted by molar-refractivity contribution is 5.89. The highest BCUT2D eigenvalue weighted by Gasteiger charge is 2.49. The van der Waals surface area contributed by atoms with E-state index in [-0.39, 0.29) is 25.0 Å². The summed E-state index contributed by atoms with van der Waals surface area (Å²) in [6.07, 6.45) is 3.75. The quantitative estimate of drug-likeness (QED) is 0.672. The molecular formula is C27H30N2O5. The smallest absolute Gasteiger partial charge is 0.407 e. The Morgan fingerprint density at radius 2 is 1.62 bits per heavy atom. The monoisotopic (exact) mass is 462 g/mol. The van der Waals surface area contributed by atoms with Gasteiger partial charge in [-0.05, 0) is 54.4 Å². The predicted molar refractivity (Wildman–Crippen MR) is 126 cm³/mol. The Morgan fingerprint density at radius 3 is 2.21 bits per heavy atom. The minimum atomic E-state index is -0.952. The maximum absolute atomic E-state index is 13.3. The predicted octanol–water partition coefficient (Wildman–Crippen LogP) is 4.16. The van der Waals surface area contributed by atoms with Gasteiger partial charge < -0.3 is 20.1 Å². The van der Waals surface area contributed by atoms with Crippen LogP contribution in [0.4, 0.5) is 4.79 Å². The average molecular weight is 463 g/mol. The fourth-order valence-corrected chi connectivity index (χ4v) is 5.70. The van der Waals surface area contributed by atoms with Crippen molar-refractivity contribution in [2.45, 2.75) is 50.5 Å². The molecule has 2 aromatic rings. The number of rotatable bonds is 6. The Labute approximate surface area is 199 Å². The van der Waals surface area contributed by atoms with E-state index in [1.54, 1.807) is 0 Å². The molecule has 7 nitrogen and oxygen atoms in total. The lowest BCUT2D eigenvalue weighted by molar-refractivity contribution is -0.160. The molecular weight excluding hydrogens is 432 g/mol. The number of hydrogen-bond acceptors (Lipinski definition) is 4. The van der Waals surface area contributed by atoms with E-state index in [0.29, 0.717) is 25.8 Å². The van der Waals surface area contributed by atoms with Crippen LogP contribution in [0.5, 0.6) is 0 Å². The number of amides is 2. The highest BCUT2D eigenvalue weighted by Crippen LogP contribution is 2.45. The molecule has 1 atom stereocenters. The van der Waals surface area contributed by atoms with Crippen LogP contribution in [0.25, 0.3) is 11.1 Å². The first kappa shape index (κ1) is 22.4. The van der Waals surface area contributed by atoms with Gasteiger partial charge in [-0.2, -0.15) is 0 Å². The van der Waals surface area contributed by atoms with Gasteiger partial charge in [0.1, 0.15) is 12.6 Å². The van der Waals surface area contributed by atoms with Crippen molar-refractivity contribution in [1.82, 2.24) is 10.2 Å². The Balaban J connectivity index is 1.22. The van der Waals surface area contributed by atoms with Crippen molar-refractivity contribution in [2.24, 2.45) is 5.41 Å². The molecule has 2 N–H and O–H groups in total. The molecule has 34 heavy (non-hydrogen) atoms. The number of hydrogen-bond donors (Lipinski definition) is 2. The molecule has 2 aliphatic carbocycles. The van der Waals surface area contributed by atoms with Crippen molar-refractivity contribution in [1.29, 1.82) is 0 Å². The summed E-state index contributed by atoms with van der Waals surface area (Å²) in [6.45, 7) is 0.849. The van der Waals surface area contributed by atoms with E-state index in [4.69, 9.17) is 4.74 Å². The maximum atomic E-state index is 13.3. The van der Waals surface area contributed by atoms with Gasteiger partial charge in [-0.3, -0.25) is 4.79 Å². The molecule has 0 bridgehead atoms. The molecule has 1 heterocycles. The van der Waals surface area contributed by atoms with E-state index in [1.165, 1.54) is 16.0 Å². The van der Waals surface area contributed by atoms with Crippen molar-refractivity contribution >= 4 is 18.0 Å². The first-order chi connectivity index (χ1) is 16.5. The molecule has 2 aromatic carbocycles. The van der Waals surface area contributed by atoms with Gasteiger partial charge in [-0.1, -0.05) is 55.0 Å².